The molecule has 1 atom stereocenters. The Balaban J connectivity index is 1.83. The Morgan fingerprint density at radius 2 is 1.85 bits per heavy atom. The Bertz CT molecular complexity index is 585. The molecule has 0 aromatic carbocycles. The summed E-state index contributed by atoms with van der Waals surface area (Å²) >= 11 is 0. The monoisotopic (exact) mass is 388 g/mol. The van der Waals surface area contributed by atoms with Gasteiger partial charge in [-0.2, -0.15) is 0 Å². The van der Waals surface area contributed by atoms with Gasteiger partial charge in [-0.25, -0.2) is 17.5 Å². The molecule has 2 heterocycles. The third kappa shape index (κ3) is 4.89. The standard InChI is InChI=1S/C18H36N4O3S/c1-6-26(24,25)21(5)15-8-12-22(13-9-15)17(23)19-14-16-18(2,3)10-7-11-20(16)4/h15-16H,6-14H2,1-5H3,(H,19,23). The van der Waals surface area contributed by atoms with E-state index in [1.807, 2.05) is 4.90 Å². The van der Waals surface area contributed by atoms with Crippen molar-refractivity contribution in [3.8, 4) is 0 Å². The molecule has 2 fully saturated rings. The van der Waals surface area contributed by atoms with Crippen molar-refractivity contribution in [2.75, 3.05) is 46.0 Å². The highest BCUT2D eigenvalue weighted by atomic mass is 32.2. The van der Waals surface area contributed by atoms with E-state index in [4.69, 9.17) is 0 Å². The summed E-state index contributed by atoms with van der Waals surface area (Å²) in [6, 6.07) is 0.310. The first kappa shape index (κ1) is 21.4. The van der Waals surface area contributed by atoms with Crippen LogP contribution in [0.3, 0.4) is 0 Å². The van der Waals surface area contributed by atoms with E-state index in [0.717, 1.165) is 6.54 Å². The van der Waals surface area contributed by atoms with Gasteiger partial charge in [0.05, 0.1) is 5.75 Å². The second-order valence-electron chi connectivity index (χ2n) is 8.41. The van der Waals surface area contributed by atoms with Gasteiger partial charge < -0.3 is 15.1 Å². The van der Waals surface area contributed by atoms with E-state index in [-0.39, 0.29) is 23.2 Å². The zero-order valence-electron chi connectivity index (χ0n) is 17.0. The molecule has 152 valence electrons. The SMILES string of the molecule is CCS(=O)(=O)N(C)C1CCN(C(=O)NCC2N(C)CCCC2(C)C)CC1. The van der Waals surface area contributed by atoms with E-state index >= 15 is 0 Å². The highest BCUT2D eigenvalue weighted by molar-refractivity contribution is 7.89. The first-order valence-electron chi connectivity index (χ1n) is 9.77. The van der Waals surface area contributed by atoms with Crippen LogP contribution in [0.5, 0.6) is 0 Å². The number of rotatable bonds is 5. The largest absolute Gasteiger partial charge is 0.336 e. The van der Waals surface area contributed by atoms with Gasteiger partial charge >= 0.3 is 6.03 Å². The van der Waals surface area contributed by atoms with Crippen molar-refractivity contribution in [3.63, 3.8) is 0 Å². The number of amides is 2. The number of urea groups is 1. The second-order valence-corrected chi connectivity index (χ2v) is 10.7. The van der Waals surface area contributed by atoms with Crippen LogP contribution in [0.15, 0.2) is 0 Å². The number of likely N-dealkylation sites (tertiary alicyclic amines) is 2. The summed E-state index contributed by atoms with van der Waals surface area (Å²) in [6.07, 6.45) is 3.77. The third-order valence-electron chi connectivity index (χ3n) is 6.28. The Morgan fingerprint density at radius 3 is 2.38 bits per heavy atom. The number of nitrogens with zero attached hydrogens (tertiary/aromatic N) is 3. The van der Waals surface area contributed by atoms with Crippen LogP contribution < -0.4 is 5.32 Å². The van der Waals surface area contributed by atoms with Gasteiger partial charge in [-0.1, -0.05) is 13.8 Å². The zero-order chi connectivity index (χ0) is 19.5. The van der Waals surface area contributed by atoms with Gasteiger partial charge in [0.15, 0.2) is 0 Å². The van der Waals surface area contributed by atoms with Crippen molar-refractivity contribution in [3.05, 3.63) is 0 Å². The molecule has 0 aliphatic carbocycles. The average Bonchev–Trinajstić information content (AvgIpc) is 2.60. The second kappa shape index (κ2) is 8.44. The highest BCUT2D eigenvalue weighted by Crippen LogP contribution is 2.33. The number of piperidine rings is 2. The van der Waals surface area contributed by atoms with Crippen LogP contribution in [0.25, 0.3) is 0 Å². The van der Waals surface area contributed by atoms with E-state index in [2.05, 4.69) is 31.1 Å². The minimum absolute atomic E-state index is 0.00703. The number of hydrogen-bond donors (Lipinski definition) is 1. The van der Waals surface area contributed by atoms with E-state index < -0.39 is 10.0 Å². The molecule has 0 aromatic rings. The maximum absolute atomic E-state index is 12.6. The van der Waals surface area contributed by atoms with Crippen LogP contribution in [0.1, 0.15) is 46.5 Å². The molecule has 0 bridgehead atoms. The summed E-state index contributed by atoms with van der Waals surface area (Å²) in [5.74, 6) is 0.120. The number of hydrogen-bond acceptors (Lipinski definition) is 4. The number of carbonyl (C=O) groups excluding carboxylic acids is 1. The summed E-state index contributed by atoms with van der Waals surface area (Å²) in [7, 11) is 0.614. The molecule has 0 radical (unpaired) electrons. The molecule has 1 N–H and O–H groups in total. The van der Waals surface area contributed by atoms with Gasteiger partial charge in [-0.3, -0.25) is 0 Å². The third-order valence-corrected chi connectivity index (χ3v) is 8.19. The number of sulfonamides is 1. The van der Waals surface area contributed by atoms with Gasteiger partial charge in [-0.05, 0) is 51.6 Å². The summed E-state index contributed by atoms with van der Waals surface area (Å²) in [5, 5.41) is 3.11. The number of carbonyl (C=O) groups is 1. The Hall–Kier alpha value is -0.860. The molecule has 1 unspecified atom stereocenters. The van der Waals surface area contributed by atoms with Crippen LogP contribution in [0.2, 0.25) is 0 Å². The van der Waals surface area contributed by atoms with Gasteiger partial charge in [0.1, 0.15) is 0 Å². The van der Waals surface area contributed by atoms with Crippen molar-refractivity contribution >= 4 is 16.1 Å². The molecule has 2 aliphatic heterocycles. The first-order valence-corrected chi connectivity index (χ1v) is 11.4. The fraction of sp³-hybridized carbons (Fsp3) is 0.944. The molecule has 2 aliphatic rings. The van der Waals surface area contributed by atoms with Crippen molar-refractivity contribution in [1.29, 1.82) is 0 Å². The maximum atomic E-state index is 12.6. The fourth-order valence-corrected chi connectivity index (χ4v) is 5.37. The van der Waals surface area contributed by atoms with Gasteiger partial charge in [-0.15, -0.1) is 0 Å². The maximum Gasteiger partial charge on any atom is 0.317 e. The smallest absolute Gasteiger partial charge is 0.317 e. The lowest BCUT2D eigenvalue weighted by molar-refractivity contribution is 0.0582. The average molecular weight is 389 g/mol. The topological polar surface area (TPSA) is 73.0 Å². The van der Waals surface area contributed by atoms with E-state index in [9.17, 15) is 13.2 Å². The predicted molar refractivity (Wildman–Crippen MR) is 105 cm³/mol. The molecule has 26 heavy (non-hydrogen) atoms. The summed E-state index contributed by atoms with van der Waals surface area (Å²) in [6.45, 7) is 9.15. The normalized spacial score (nSPS) is 25.5. The van der Waals surface area contributed by atoms with E-state index in [1.54, 1.807) is 14.0 Å². The van der Waals surface area contributed by atoms with Crippen molar-refractivity contribution < 1.29 is 13.2 Å². The molecular formula is C18H36N4O3S. The lowest BCUT2D eigenvalue weighted by atomic mass is 9.76. The highest BCUT2D eigenvalue weighted by Gasteiger charge is 2.36. The lowest BCUT2D eigenvalue weighted by Crippen LogP contribution is -2.56. The molecule has 8 heteroatoms. The van der Waals surface area contributed by atoms with Crippen molar-refractivity contribution in [2.24, 2.45) is 5.41 Å². The van der Waals surface area contributed by atoms with E-state index in [1.165, 1.54) is 17.1 Å². The predicted octanol–water partition coefficient (Wildman–Crippen LogP) is 1.56. The number of nitrogens with one attached hydrogen (secondary N) is 1. The molecule has 2 amide bonds. The zero-order valence-corrected chi connectivity index (χ0v) is 17.8. The molecule has 2 rings (SSSR count). The Labute approximate surface area is 159 Å². The Morgan fingerprint density at radius 1 is 1.23 bits per heavy atom. The van der Waals surface area contributed by atoms with Crippen LogP contribution in [0, 0.1) is 5.41 Å². The molecular weight excluding hydrogens is 352 g/mol. The van der Waals surface area contributed by atoms with Gasteiger partial charge in [0.2, 0.25) is 10.0 Å². The molecule has 0 saturated carbocycles. The van der Waals surface area contributed by atoms with Crippen LogP contribution >= 0.6 is 0 Å². The summed E-state index contributed by atoms with van der Waals surface area (Å²) < 4.78 is 25.5. The van der Waals surface area contributed by atoms with Crippen LogP contribution in [-0.2, 0) is 10.0 Å². The van der Waals surface area contributed by atoms with Gasteiger partial charge in [0.25, 0.3) is 0 Å². The molecule has 2 saturated heterocycles. The lowest BCUT2D eigenvalue weighted by Gasteiger charge is -2.45. The van der Waals surface area contributed by atoms with E-state index in [0.29, 0.717) is 38.5 Å². The van der Waals surface area contributed by atoms with Crippen LogP contribution in [0.4, 0.5) is 4.79 Å². The quantitative estimate of drug-likeness (QED) is 0.776. The van der Waals surface area contributed by atoms with Crippen LogP contribution in [-0.4, -0.2) is 86.7 Å². The fourth-order valence-electron chi connectivity index (χ4n) is 4.29. The molecule has 7 nitrogen and oxygen atoms in total. The summed E-state index contributed by atoms with van der Waals surface area (Å²) in [5.41, 5.74) is 0.199. The van der Waals surface area contributed by atoms with Gasteiger partial charge in [0, 0.05) is 38.8 Å². The molecule has 0 aromatic heterocycles. The minimum atomic E-state index is -3.17. The number of likely N-dealkylation sites (N-methyl/N-ethyl adjacent to an activating group) is 1. The first-order chi connectivity index (χ1) is 12.1. The minimum Gasteiger partial charge on any atom is -0.336 e. The van der Waals surface area contributed by atoms with Crippen molar-refractivity contribution in [2.45, 2.75) is 58.5 Å². The van der Waals surface area contributed by atoms with Crippen molar-refractivity contribution in [1.82, 2.24) is 19.4 Å². The summed E-state index contributed by atoms with van der Waals surface area (Å²) in [4.78, 5) is 16.7. The molecule has 0 spiro atoms. The Kier molecular flexibility index (Phi) is 6.96.